The summed E-state index contributed by atoms with van der Waals surface area (Å²) in [5, 5.41) is 9.85. The first-order valence-electron chi connectivity index (χ1n) is 7.03. The number of aryl methyl sites for hydroxylation is 2. The van der Waals surface area contributed by atoms with E-state index in [2.05, 4.69) is 22.4 Å². The predicted octanol–water partition coefficient (Wildman–Crippen LogP) is 3.15. The van der Waals surface area contributed by atoms with Gasteiger partial charge in [-0.1, -0.05) is 19.1 Å². The minimum atomic E-state index is -0.0986. The Kier molecular flexibility index (Phi) is 4.90. The molecule has 0 unspecified atom stereocenters. The maximum atomic E-state index is 12.2. The molecule has 0 saturated heterocycles. The van der Waals surface area contributed by atoms with Gasteiger partial charge in [-0.25, -0.2) is 0 Å². The van der Waals surface area contributed by atoms with E-state index >= 15 is 0 Å². The normalized spacial score (nSPS) is 10.6. The Bertz CT molecular complexity index is 702. The van der Waals surface area contributed by atoms with Gasteiger partial charge in [-0.05, 0) is 49.7 Å². The minimum absolute atomic E-state index is 0.0986. The SMILES string of the molecule is CCCc1n[nH]c(=S)n1CC(=O)Nc1cccc(C)c1C. The Balaban J connectivity index is 2.14. The average molecular weight is 304 g/mol. The molecule has 0 atom stereocenters. The number of rotatable bonds is 5. The van der Waals surface area contributed by atoms with Gasteiger partial charge in [-0.3, -0.25) is 14.5 Å². The number of benzene rings is 1. The number of hydrogen-bond acceptors (Lipinski definition) is 3. The minimum Gasteiger partial charge on any atom is -0.324 e. The summed E-state index contributed by atoms with van der Waals surface area (Å²) in [7, 11) is 0. The Hall–Kier alpha value is -1.95. The van der Waals surface area contributed by atoms with Crippen molar-refractivity contribution in [3.63, 3.8) is 0 Å². The second kappa shape index (κ2) is 6.67. The summed E-state index contributed by atoms with van der Waals surface area (Å²) in [6.07, 6.45) is 1.75. The lowest BCUT2D eigenvalue weighted by Gasteiger charge is -2.11. The van der Waals surface area contributed by atoms with Crippen molar-refractivity contribution in [2.75, 3.05) is 5.32 Å². The number of hydrogen-bond donors (Lipinski definition) is 2. The predicted molar refractivity (Wildman–Crippen MR) is 86.0 cm³/mol. The van der Waals surface area contributed by atoms with E-state index in [4.69, 9.17) is 12.2 Å². The first-order valence-corrected chi connectivity index (χ1v) is 7.44. The fourth-order valence-electron chi connectivity index (χ4n) is 2.15. The summed E-state index contributed by atoms with van der Waals surface area (Å²) < 4.78 is 2.23. The van der Waals surface area contributed by atoms with Crippen LogP contribution in [0.15, 0.2) is 18.2 Å². The molecule has 0 spiro atoms. The van der Waals surface area contributed by atoms with E-state index in [-0.39, 0.29) is 12.5 Å². The van der Waals surface area contributed by atoms with Crippen LogP contribution in [0.4, 0.5) is 5.69 Å². The van der Waals surface area contributed by atoms with Crippen LogP contribution in [0, 0.1) is 18.6 Å². The molecule has 2 N–H and O–H groups in total. The third-order valence-corrected chi connectivity index (χ3v) is 3.80. The Morgan fingerprint density at radius 1 is 1.43 bits per heavy atom. The van der Waals surface area contributed by atoms with E-state index in [1.807, 2.05) is 32.0 Å². The molecular formula is C15H20N4OS. The number of nitrogens with zero attached hydrogens (tertiary/aromatic N) is 2. The van der Waals surface area contributed by atoms with Crippen LogP contribution < -0.4 is 5.32 Å². The second-order valence-electron chi connectivity index (χ2n) is 5.08. The highest BCUT2D eigenvalue weighted by Crippen LogP contribution is 2.18. The molecule has 5 nitrogen and oxygen atoms in total. The standard InChI is InChI=1S/C15H20N4OS/c1-4-6-13-17-18-15(21)19(13)9-14(20)16-12-8-5-7-10(2)11(12)3/h5,7-8H,4,6,9H2,1-3H3,(H,16,20)(H,18,21). The van der Waals surface area contributed by atoms with E-state index in [1.54, 1.807) is 4.57 Å². The summed E-state index contributed by atoms with van der Waals surface area (Å²) in [6, 6.07) is 5.86. The van der Waals surface area contributed by atoms with Gasteiger partial charge in [0.25, 0.3) is 0 Å². The van der Waals surface area contributed by atoms with Crippen LogP contribution in [0.5, 0.6) is 0 Å². The number of aromatic amines is 1. The molecule has 0 aliphatic heterocycles. The van der Waals surface area contributed by atoms with Crippen molar-refractivity contribution in [3.8, 4) is 0 Å². The van der Waals surface area contributed by atoms with E-state index < -0.39 is 0 Å². The monoisotopic (exact) mass is 304 g/mol. The number of H-pyrrole nitrogens is 1. The highest BCUT2D eigenvalue weighted by molar-refractivity contribution is 7.71. The largest absolute Gasteiger partial charge is 0.324 e. The molecular weight excluding hydrogens is 284 g/mol. The molecule has 0 aliphatic carbocycles. The van der Waals surface area contributed by atoms with Crippen LogP contribution in [-0.4, -0.2) is 20.7 Å². The molecule has 6 heteroatoms. The molecule has 0 fully saturated rings. The van der Waals surface area contributed by atoms with Crippen LogP contribution in [0.25, 0.3) is 0 Å². The maximum Gasteiger partial charge on any atom is 0.244 e. The summed E-state index contributed by atoms with van der Waals surface area (Å²) in [5.41, 5.74) is 3.07. The highest BCUT2D eigenvalue weighted by atomic mass is 32.1. The van der Waals surface area contributed by atoms with Gasteiger partial charge in [-0.2, -0.15) is 5.10 Å². The molecule has 0 saturated carbocycles. The number of carbonyl (C=O) groups excluding carboxylic acids is 1. The quantitative estimate of drug-likeness (QED) is 0.834. The third-order valence-electron chi connectivity index (χ3n) is 3.49. The lowest BCUT2D eigenvalue weighted by molar-refractivity contribution is -0.116. The zero-order chi connectivity index (χ0) is 15.4. The number of nitrogens with one attached hydrogen (secondary N) is 2. The summed E-state index contributed by atoms with van der Waals surface area (Å²) in [5.74, 6) is 0.720. The van der Waals surface area contributed by atoms with E-state index in [1.165, 1.54) is 0 Å². The molecule has 0 aliphatic rings. The third kappa shape index (κ3) is 3.58. The van der Waals surface area contributed by atoms with Crippen LogP contribution in [0.1, 0.15) is 30.3 Å². The van der Waals surface area contributed by atoms with Gasteiger partial charge in [0.15, 0.2) is 4.77 Å². The van der Waals surface area contributed by atoms with Crippen molar-refractivity contribution in [1.29, 1.82) is 0 Å². The number of aromatic nitrogens is 3. The van der Waals surface area contributed by atoms with Crippen LogP contribution in [0.3, 0.4) is 0 Å². The van der Waals surface area contributed by atoms with Gasteiger partial charge in [0, 0.05) is 12.1 Å². The van der Waals surface area contributed by atoms with Gasteiger partial charge in [0.05, 0.1) is 0 Å². The molecule has 112 valence electrons. The molecule has 1 amide bonds. The summed E-state index contributed by atoms with van der Waals surface area (Å²) in [4.78, 5) is 12.2. The fraction of sp³-hybridized carbons (Fsp3) is 0.400. The van der Waals surface area contributed by atoms with Crippen molar-refractivity contribution in [1.82, 2.24) is 14.8 Å². The fourth-order valence-corrected chi connectivity index (χ4v) is 2.36. The van der Waals surface area contributed by atoms with Gasteiger partial charge in [-0.15, -0.1) is 0 Å². The molecule has 2 aromatic rings. The lowest BCUT2D eigenvalue weighted by atomic mass is 10.1. The first kappa shape index (κ1) is 15.4. The smallest absolute Gasteiger partial charge is 0.244 e. The Labute approximate surface area is 129 Å². The van der Waals surface area contributed by atoms with Crippen LogP contribution in [-0.2, 0) is 17.8 Å². The van der Waals surface area contributed by atoms with Crippen molar-refractivity contribution in [2.24, 2.45) is 0 Å². The zero-order valence-corrected chi connectivity index (χ0v) is 13.4. The van der Waals surface area contributed by atoms with Gasteiger partial charge in [0.1, 0.15) is 12.4 Å². The molecule has 21 heavy (non-hydrogen) atoms. The molecule has 1 aromatic carbocycles. The van der Waals surface area contributed by atoms with E-state index in [0.29, 0.717) is 4.77 Å². The van der Waals surface area contributed by atoms with E-state index in [0.717, 1.165) is 35.5 Å². The molecule has 1 heterocycles. The van der Waals surface area contributed by atoms with Crippen molar-refractivity contribution in [3.05, 3.63) is 39.9 Å². The highest BCUT2D eigenvalue weighted by Gasteiger charge is 2.11. The second-order valence-corrected chi connectivity index (χ2v) is 5.46. The lowest BCUT2D eigenvalue weighted by Crippen LogP contribution is -2.21. The molecule has 0 bridgehead atoms. The van der Waals surface area contributed by atoms with E-state index in [9.17, 15) is 4.79 Å². The molecule has 0 radical (unpaired) electrons. The Morgan fingerprint density at radius 2 is 2.19 bits per heavy atom. The number of anilines is 1. The molecule has 2 rings (SSSR count). The first-order chi connectivity index (χ1) is 10.0. The summed E-state index contributed by atoms with van der Waals surface area (Å²) in [6.45, 7) is 6.27. The van der Waals surface area contributed by atoms with Gasteiger partial charge < -0.3 is 5.32 Å². The van der Waals surface area contributed by atoms with Crippen molar-refractivity contribution < 1.29 is 4.79 Å². The van der Waals surface area contributed by atoms with Crippen molar-refractivity contribution >= 4 is 23.8 Å². The maximum absolute atomic E-state index is 12.2. The average Bonchev–Trinajstić information content (AvgIpc) is 2.77. The Morgan fingerprint density at radius 3 is 2.90 bits per heavy atom. The summed E-state index contributed by atoms with van der Waals surface area (Å²) >= 11 is 5.18. The zero-order valence-electron chi connectivity index (χ0n) is 12.6. The number of amides is 1. The topological polar surface area (TPSA) is 62.7 Å². The molecule has 1 aromatic heterocycles. The van der Waals surface area contributed by atoms with Gasteiger partial charge in [0.2, 0.25) is 5.91 Å². The number of carbonyl (C=O) groups is 1. The van der Waals surface area contributed by atoms with Gasteiger partial charge >= 0.3 is 0 Å². The van der Waals surface area contributed by atoms with Crippen LogP contribution in [0.2, 0.25) is 0 Å². The van der Waals surface area contributed by atoms with Crippen molar-refractivity contribution in [2.45, 2.75) is 40.2 Å². The van der Waals surface area contributed by atoms with Crippen LogP contribution >= 0.6 is 12.2 Å².